The van der Waals surface area contributed by atoms with Gasteiger partial charge in [-0.1, -0.05) is 60.7 Å². The predicted octanol–water partition coefficient (Wildman–Crippen LogP) is 5.02. The molecule has 0 aliphatic carbocycles. The molecule has 0 unspecified atom stereocenters. The molecule has 4 heteroatoms. The molecule has 0 atom stereocenters. The van der Waals surface area contributed by atoms with Crippen LogP contribution in [0, 0.1) is 5.82 Å². The lowest BCUT2D eigenvalue weighted by molar-refractivity contribution is 0.0696. The summed E-state index contributed by atoms with van der Waals surface area (Å²) < 4.78 is 15.0. The van der Waals surface area contributed by atoms with Crippen molar-refractivity contribution < 1.29 is 14.3 Å². The van der Waals surface area contributed by atoms with Crippen LogP contribution in [0.3, 0.4) is 0 Å². The van der Waals surface area contributed by atoms with Gasteiger partial charge in [0.1, 0.15) is 35.2 Å². The predicted molar refractivity (Wildman–Crippen MR) is 122 cm³/mol. The number of carboxylic acid groups (broad SMARTS) is 1. The Morgan fingerprint density at radius 2 is 1.13 bits per heavy atom. The van der Waals surface area contributed by atoms with E-state index in [0.29, 0.717) is 11.7 Å². The highest BCUT2D eigenvalue weighted by Gasteiger charge is 2.45. The molecule has 148 valence electrons. The third-order valence-electron chi connectivity index (χ3n) is 5.30. The molecule has 0 saturated carbocycles. The van der Waals surface area contributed by atoms with E-state index in [0.717, 1.165) is 22.0 Å². The minimum atomic E-state index is -2.23. The summed E-state index contributed by atoms with van der Waals surface area (Å²) in [4.78, 5) is 11.3. The van der Waals surface area contributed by atoms with Gasteiger partial charge < -0.3 is 5.11 Å². The van der Waals surface area contributed by atoms with E-state index < -0.39 is 19.0 Å². The summed E-state index contributed by atoms with van der Waals surface area (Å²) >= 11 is 0. The van der Waals surface area contributed by atoms with E-state index in [1.165, 1.54) is 6.07 Å². The minimum absolute atomic E-state index is 0.0423. The van der Waals surface area contributed by atoms with Crippen molar-refractivity contribution in [1.82, 2.24) is 0 Å². The number of rotatable bonds is 6. The highest BCUT2D eigenvalue weighted by molar-refractivity contribution is 7.95. The maximum atomic E-state index is 15.0. The number of carbonyl (C=O) groups is 1. The van der Waals surface area contributed by atoms with E-state index in [1.807, 2.05) is 54.6 Å². The van der Waals surface area contributed by atoms with Gasteiger partial charge >= 0.3 is 5.97 Å². The van der Waals surface area contributed by atoms with E-state index in [4.69, 9.17) is 0 Å². The number of hydrogen-bond acceptors (Lipinski definition) is 1. The van der Waals surface area contributed by atoms with E-state index in [1.54, 1.807) is 6.07 Å². The van der Waals surface area contributed by atoms with Crippen molar-refractivity contribution in [2.75, 3.05) is 0 Å². The Morgan fingerprint density at radius 3 is 1.50 bits per heavy atom. The number of aromatic carboxylic acids is 1. The average molecular weight is 415 g/mol. The number of hydrogen-bond donors (Lipinski definition) is 1. The SMILES string of the molecule is O=C(O)c1ccc(C[P+](c2ccccc2)(c2ccccc2)c2ccccc2)c(F)c1. The van der Waals surface area contributed by atoms with Gasteiger partial charge in [0.2, 0.25) is 0 Å². The van der Waals surface area contributed by atoms with Crippen molar-refractivity contribution in [3.8, 4) is 0 Å². The lowest BCUT2D eigenvalue weighted by Gasteiger charge is -2.28. The smallest absolute Gasteiger partial charge is 0.335 e. The topological polar surface area (TPSA) is 37.3 Å². The third-order valence-corrected chi connectivity index (χ3v) is 9.65. The summed E-state index contributed by atoms with van der Waals surface area (Å²) in [6, 6.07) is 34.9. The Morgan fingerprint density at radius 1 is 0.700 bits per heavy atom. The van der Waals surface area contributed by atoms with Crippen LogP contribution in [0.15, 0.2) is 109 Å². The van der Waals surface area contributed by atoms with Crippen molar-refractivity contribution in [1.29, 1.82) is 0 Å². The van der Waals surface area contributed by atoms with Gasteiger partial charge in [-0.25, -0.2) is 9.18 Å². The van der Waals surface area contributed by atoms with Gasteiger partial charge in [0.15, 0.2) is 0 Å². The molecule has 0 heterocycles. The summed E-state index contributed by atoms with van der Waals surface area (Å²) in [5.74, 6) is -1.61. The van der Waals surface area contributed by atoms with Gasteiger partial charge in [-0.15, -0.1) is 0 Å². The molecule has 2 nitrogen and oxygen atoms in total. The Kier molecular flexibility index (Phi) is 5.74. The Bertz CT molecular complexity index is 1050. The quantitative estimate of drug-likeness (QED) is 0.449. The van der Waals surface area contributed by atoms with Gasteiger partial charge in [-0.2, -0.15) is 0 Å². The fourth-order valence-electron chi connectivity index (χ4n) is 3.83. The number of halogens is 1. The molecular formula is C26H21FO2P+. The standard InChI is InChI=1S/C26H20FO2P/c27-25-18-20(26(28)29)16-17-21(25)19-30(22-10-4-1-5-11-22,23-12-6-2-7-13-23)24-14-8-3-9-15-24/h1-18H,19H2/p+1. The Balaban J connectivity index is 1.97. The van der Waals surface area contributed by atoms with E-state index in [9.17, 15) is 9.90 Å². The highest BCUT2D eigenvalue weighted by Crippen LogP contribution is 2.58. The Hall–Kier alpha value is -3.29. The van der Waals surface area contributed by atoms with E-state index in [2.05, 4.69) is 36.4 Å². The minimum Gasteiger partial charge on any atom is -0.478 e. The fraction of sp³-hybridized carbons (Fsp3) is 0.0385. The summed E-state index contributed by atoms with van der Waals surface area (Å²) in [6.45, 7) is 0. The summed E-state index contributed by atoms with van der Waals surface area (Å²) in [5, 5.41) is 12.7. The largest absolute Gasteiger partial charge is 0.478 e. The van der Waals surface area contributed by atoms with Crippen molar-refractivity contribution >= 4 is 29.1 Å². The van der Waals surface area contributed by atoms with E-state index >= 15 is 4.39 Å². The van der Waals surface area contributed by atoms with Crippen LogP contribution in [-0.4, -0.2) is 11.1 Å². The molecule has 1 N–H and O–H groups in total. The summed E-state index contributed by atoms with van der Waals surface area (Å²) in [5.41, 5.74) is 0.476. The molecule has 0 aliphatic rings. The number of benzene rings is 4. The van der Waals surface area contributed by atoms with Crippen LogP contribution in [0.2, 0.25) is 0 Å². The van der Waals surface area contributed by atoms with Crippen molar-refractivity contribution in [2.45, 2.75) is 6.16 Å². The van der Waals surface area contributed by atoms with Gasteiger partial charge in [0.05, 0.1) is 5.56 Å². The molecule has 30 heavy (non-hydrogen) atoms. The van der Waals surface area contributed by atoms with Crippen molar-refractivity contribution in [3.05, 3.63) is 126 Å². The fourth-order valence-corrected chi connectivity index (χ4v) is 8.09. The average Bonchev–Trinajstić information content (AvgIpc) is 2.80. The first kappa shape index (κ1) is 20.0. The second-order valence-electron chi connectivity index (χ2n) is 7.09. The second-order valence-corrected chi connectivity index (χ2v) is 10.6. The van der Waals surface area contributed by atoms with E-state index in [-0.39, 0.29) is 5.56 Å². The normalized spacial score (nSPS) is 11.2. The molecular weight excluding hydrogens is 394 g/mol. The maximum Gasteiger partial charge on any atom is 0.335 e. The lowest BCUT2D eigenvalue weighted by Crippen LogP contribution is -2.32. The van der Waals surface area contributed by atoms with Gasteiger partial charge in [-0.3, -0.25) is 0 Å². The van der Waals surface area contributed by atoms with Crippen molar-refractivity contribution in [2.24, 2.45) is 0 Å². The van der Waals surface area contributed by atoms with Crippen LogP contribution in [0.4, 0.5) is 4.39 Å². The molecule has 4 aromatic rings. The Labute approximate surface area is 176 Å². The summed E-state index contributed by atoms with van der Waals surface area (Å²) in [6.07, 6.45) is 0.469. The molecule has 0 fully saturated rings. The molecule has 0 aromatic heterocycles. The highest BCUT2D eigenvalue weighted by atomic mass is 31.2. The molecule has 0 spiro atoms. The van der Waals surface area contributed by atoms with Gasteiger partial charge in [0.25, 0.3) is 0 Å². The van der Waals surface area contributed by atoms with Crippen LogP contribution >= 0.6 is 7.26 Å². The van der Waals surface area contributed by atoms with Crippen LogP contribution in [-0.2, 0) is 6.16 Å². The molecule has 4 rings (SSSR count). The zero-order chi connectivity index (χ0) is 21.0. The molecule has 0 aliphatic heterocycles. The first-order chi connectivity index (χ1) is 14.6. The van der Waals surface area contributed by atoms with Gasteiger partial charge in [-0.05, 0) is 48.5 Å². The van der Waals surface area contributed by atoms with Crippen LogP contribution in [0.5, 0.6) is 0 Å². The summed E-state index contributed by atoms with van der Waals surface area (Å²) in [7, 11) is -2.23. The second kappa shape index (κ2) is 8.61. The molecule has 0 radical (unpaired) electrons. The lowest BCUT2D eigenvalue weighted by atomic mass is 10.1. The molecule has 4 aromatic carbocycles. The maximum absolute atomic E-state index is 15.0. The number of carboxylic acids is 1. The van der Waals surface area contributed by atoms with Crippen LogP contribution < -0.4 is 15.9 Å². The zero-order valence-corrected chi connectivity index (χ0v) is 17.2. The third kappa shape index (κ3) is 3.77. The first-order valence-corrected chi connectivity index (χ1v) is 11.7. The molecule has 0 bridgehead atoms. The molecule has 0 amide bonds. The first-order valence-electron chi connectivity index (χ1n) is 9.68. The van der Waals surface area contributed by atoms with Gasteiger partial charge in [0, 0.05) is 5.56 Å². The van der Waals surface area contributed by atoms with Crippen LogP contribution in [0.1, 0.15) is 15.9 Å². The monoisotopic (exact) mass is 415 g/mol. The van der Waals surface area contributed by atoms with Crippen LogP contribution in [0.25, 0.3) is 0 Å². The van der Waals surface area contributed by atoms with Crippen molar-refractivity contribution in [3.63, 3.8) is 0 Å². The zero-order valence-electron chi connectivity index (χ0n) is 16.3. The molecule has 0 saturated heterocycles.